The lowest BCUT2D eigenvalue weighted by molar-refractivity contribution is -0.138. The second kappa shape index (κ2) is 9.27. The second-order valence-corrected chi connectivity index (χ2v) is 8.30. The molecule has 0 radical (unpaired) electrons. The monoisotopic (exact) mass is 423 g/mol. The first-order chi connectivity index (χ1) is 13.4. The number of aliphatic hydroxyl groups is 1. The van der Waals surface area contributed by atoms with Crippen molar-refractivity contribution in [1.82, 2.24) is 5.32 Å². The Balaban J connectivity index is 1.45. The molecular weight excluding hydrogens is 402 g/mol. The average molecular weight is 424 g/mol. The first-order valence-corrected chi connectivity index (χ1v) is 10.2. The van der Waals surface area contributed by atoms with Crippen molar-refractivity contribution in [2.24, 2.45) is 0 Å². The minimum Gasteiger partial charge on any atom is -0.480 e. The van der Waals surface area contributed by atoms with Gasteiger partial charge in [-0.1, -0.05) is 11.6 Å². The van der Waals surface area contributed by atoms with Crippen LogP contribution in [0.25, 0.3) is 0 Å². The molecule has 0 aliphatic carbocycles. The summed E-state index contributed by atoms with van der Waals surface area (Å²) in [5, 5.41) is 25.1. The number of nitrogens with zero attached hydrogens (tertiary/aromatic N) is 1. The Morgan fingerprint density at radius 1 is 1.21 bits per heavy atom. The highest BCUT2D eigenvalue weighted by Gasteiger charge is 2.30. The van der Waals surface area contributed by atoms with Crippen LogP contribution in [0, 0.1) is 0 Å². The first-order valence-electron chi connectivity index (χ1n) is 8.99. The molecule has 2 heterocycles. The summed E-state index contributed by atoms with van der Waals surface area (Å²) < 4.78 is 0.541. The molecule has 0 spiro atoms. The van der Waals surface area contributed by atoms with Crippen LogP contribution in [0.2, 0.25) is 4.34 Å². The molecule has 1 saturated heterocycles. The summed E-state index contributed by atoms with van der Waals surface area (Å²) in [4.78, 5) is 25.6. The van der Waals surface area contributed by atoms with Crippen LogP contribution in [0.3, 0.4) is 0 Å². The molecule has 4 N–H and O–H groups in total. The predicted octanol–water partition coefficient (Wildman–Crippen LogP) is 2.66. The Kier molecular flexibility index (Phi) is 6.77. The highest BCUT2D eigenvalue weighted by molar-refractivity contribution is 7.17. The Bertz CT molecular complexity index is 827. The Labute approximate surface area is 171 Å². The number of carbonyl (C=O) groups excluding carboxylic acids is 1. The maximum absolute atomic E-state index is 11.9. The predicted molar refractivity (Wildman–Crippen MR) is 111 cm³/mol. The van der Waals surface area contributed by atoms with Crippen LogP contribution >= 0.6 is 22.9 Å². The number of hydrogen-bond donors (Lipinski definition) is 4. The number of anilines is 2. The van der Waals surface area contributed by atoms with E-state index in [9.17, 15) is 19.8 Å². The lowest BCUT2D eigenvalue weighted by Crippen LogP contribution is -2.36. The summed E-state index contributed by atoms with van der Waals surface area (Å²) in [6, 6.07) is 10.3. The van der Waals surface area contributed by atoms with Gasteiger partial charge in [-0.15, -0.1) is 11.3 Å². The molecule has 1 unspecified atom stereocenters. The molecule has 7 nitrogen and oxygen atoms in total. The van der Waals surface area contributed by atoms with Crippen LogP contribution < -0.4 is 15.5 Å². The van der Waals surface area contributed by atoms with Crippen LogP contribution in [-0.4, -0.2) is 53.9 Å². The maximum atomic E-state index is 11.9. The third-order valence-corrected chi connectivity index (χ3v) is 5.80. The zero-order valence-electron chi connectivity index (χ0n) is 15.1. The number of aliphatic hydroxyl groups excluding tert-OH is 1. The van der Waals surface area contributed by atoms with E-state index in [0.29, 0.717) is 15.6 Å². The molecule has 1 aliphatic rings. The minimum atomic E-state index is -0.797. The van der Waals surface area contributed by atoms with Crippen molar-refractivity contribution in [3.8, 4) is 0 Å². The average Bonchev–Trinajstić information content (AvgIpc) is 3.34. The lowest BCUT2D eigenvalue weighted by Gasteiger charge is -2.24. The van der Waals surface area contributed by atoms with E-state index in [1.807, 2.05) is 29.2 Å². The van der Waals surface area contributed by atoms with Gasteiger partial charge in [0.25, 0.3) is 5.91 Å². The van der Waals surface area contributed by atoms with Crippen molar-refractivity contribution in [3.05, 3.63) is 45.6 Å². The number of aliphatic carboxylic acids is 1. The fourth-order valence-corrected chi connectivity index (χ4v) is 4.10. The van der Waals surface area contributed by atoms with E-state index < -0.39 is 18.1 Å². The van der Waals surface area contributed by atoms with E-state index in [0.717, 1.165) is 24.3 Å². The molecule has 1 aromatic carbocycles. The Morgan fingerprint density at radius 3 is 2.61 bits per heavy atom. The molecule has 1 aromatic heterocycles. The van der Waals surface area contributed by atoms with Crippen molar-refractivity contribution in [1.29, 1.82) is 0 Å². The zero-order valence-corrected chi connectivity index (χ0v) is 16.7. The standard InChI is InChI=1S/C19H22ClN3O4S/c20-17-8-7-16(28-17)18(25)22-11-14(24)10-21-12-3-5-13(6-4-12)23-9-1-2-15(23)19(26)27/h3-8,14-15,21,24H,1-2,9-11H2,(H,22,25)(H,26,27)/t14?,15-/m0/s1. The summed E-state index contributed by atoms with van der Waals surface area (Å²) >= 11 is 6.99. The number of hydrogen-bond acceptors (Lipinski definition) is 6. The summed E-state index contributed by atoms with van der Waals surface area (Å²) in [5.41, 5.74) is 1.68. The van der Waals surface area contributed by atoms with Gasteiger partial charge in [-0.05, 0) is 49.2 Å². The van der Waals surface area contributed by atoms with Crippen molar-refractivity contribution in [2.45, 2.75) is 25.0 Å². The van der Waals surface area contributed by atoms with E-state index in [4.69, 9.17) is 11.6 Å². The summed E-state index contributed by atoms with van der Waals surface area (Å²) in [6.07, 6.45) is 0.770. The van der Waals surface area contributed by atoms with Crippen LogP contribution in [0.4, 0.5) is 11.4 Å². The highest BCUT2D eigenvalue weighted by atomic mass is 35.5. The number of rotatable bonds is 8. The van der Waals surface area contributed by atoms with Crippen molar-refractivity contribution >= 4 is 46.2 Å². The van der Waals surface area contributed by atoms with Crippen LogP contribution in [0.5, 0.6) is 0 Å². The number of halogens is 1. The van der Waals surface area contributed by atoms with Gasteiger partial charge in [-0.3, -0.25) is 4.79 Å². The maximum Gasteiger partial charge on any atom is 0.326 e. The van der Waals surface area contributed by atoms with Gasteiger partial charge in [0.05, 0.1) is 15.3 Å². The molecule has 0 saturated carbocycles. The molecule has 9 heteroatoms. The molecule has 2 aromatic rings. The number of benzene rings is 1. The molecule has 150 valence electrons. The van der Waals surface area contributed by atoms with Gasteiger partial charge >= 0.3 is 5.97 Å². The van der Waals surface area contributed by atoms with Gasteiger partial charge in [-0.25, -0.2) is 4.79 Å². The van der Waals surface area contributed by atoms with Gasteiger partial charge in [0.15, 0.2) is 0 Å². The zero-order chi connectivity index (χ0) is 20.1. The Morgan fingerprint density at radius 2 is 1.96 bits per heavy atom. The summed E-state index contributed by atoms with van der Waals surface area (Å²) in [6.45, 7) is 1.12. The van der Waals surface area contributed by atoms with Gasteiger partial charge in [0, 0.05) is 31.0 Å². The molecular formula is C19H22ClN3O4S. The molecule has 28 heavy (non-hydrogen) atoms. The quantitative estimate of drug-likeness (QED) is 0.520. The molecule has 1 aliphatic heterocycles. The SMILES string of the molecule is O=C(NCC(O)CNc1ccc(N2CCC[C@H]2C(=O)O)cc1)c1ccc(Cl)s1. The van der Waals surface area contributed by atoms with E-state index in [-0.39, 0.29) is 19.0 Å². The van der Waals surface area contributed by atoms with Crippen LogP contribution in [-0.2, 0) is 4.79 Å². The molecule has 0 bridgehead atoms. The number of amides is 1. The van der Waals surface area contributed by atoms with Gasteiger partial charge in [-0.2, -0.15) is 0 Å². The third kappa shape index (κ3) is 5.15. The number of nitrogens with one attached hydrogen (secondary N) is 2. The molecule has 1 amide bonds. The number of carbonyl (C=O) groups is 2. The Hall–Kier alpha value is -2.29. The highest BCUT2D eigenvalue weighted by Crippen LogP contribution is 2.27. The smallest absolute Gasteiger partial charge is 0.326 e. The topological polar surface area (TPSA) is 102 Å². The van der Waals surface area contributed by atoms with Gasteiger partial charge in [0.2, 0.25) is 0 Å². The van der Waals surface area contributed by atoms with Crippen molar-refractivity contribution in [2.75, 3.05) is 29.9 Å². The molecule has 1 fully saturated rings. The molecule has 3 rings (SSSR count). The van der Waals surface area contributed by atoms with Crippen molar-refractivity contribution < 1.29 is 19.8 Å². The van der Waals surface area contributed by atoms with Crippen LogP contribution in [0.1, 0.15) is 22.5 Å². The fraction of sp³-hybridized carbons (Fsp3) is 0.368. The van der Waals surface area contributed by atoms with E-state index in [2.05, 4.69) is 10.6 Å². The van der Waals surface area contributed by atoms with Gasteiger partial charge < -0.3 is 25.7 Å². The lowest BCUT2D eigenvalue weighted by atomic mass is 10.2. The fourth-order valence-electron chi connectivity index (χ4n) is 3.15. The summed E-state index contributed by atoms with van der Waals surface area (Å²) in [7, 11) is 0. The first kappa shape index (κ1) is 20.4. The molecule has 2 atom stereocenters. The number of carboxylic acids is 1. The van der Waals surface area contributed by atoms with Crippen LogP contribution in [0.15, 0.2) is 36.4 Å². The number of thiophene rings is 1. The van der Waals surface area contributed by atoms with Gasteiger partial charge in [0.1, 0.15) is 6.04 Å². The summed E-state index contributed by atoms with van der Waals surface area (Å²) in [5.74, 6) is -1.06. The van der Waals surface area contributed by atoms with E-state index in [1.54, 1.807) is 12.1 Å². The van der Waals surface area contributed by atoms with E-state index >= 15 is 0 Å². The third-order valence-electron chi connectivity index (χ3n) is 4.57. The van der Waals surface area contributed by atoms with E-state index in [1.165, 1.54) is 11.3 Å². The normalized spacial score (nSPS) is 17.4. The van der Waals surface area contributed by atoms with Crippen molar-refractivity contribution in [3.63, 3.8) is 0 Å². The largest absolute Gasteiger partial charge is 0.480 e. The minimum absolute atomic E-state index is 0.119. The number of carboxylic acid groups (broad SMARTS) is 1. The second-order valence-electron chi connectivity index (χ2n) is 6.59.